The van der Waals surface area contributed by atoms with Crippen LogP contribution in [0.25, 0.3) is 0 Å². The van der Waals surface area contributed by atoms with E-state index in [0.717, 1.165) is 6.07 Å². The van der Waals surface area contributed by atoms with Gasteiger partial charge in [0.15, 0.2) is 0 Å². The Labute approximate surface area is 125 Å². The van der Waals surface area contributed by atoms with Gasteiger partial charge in [-0.3, -0.25) is 9.59 Å². The summed E-state index contributed by atoms with van der Waals surface area (Å²) in [5.41, 5.74) is 0.0841. The number of carbonyl (C=O) groups excluding carboxylic acids is 2. The van der Waals surface area contributed by atoms with Crippen molar-refractivity contribution in [2.75, 3.05) is 13.1 Å². The van der Waals surface area contributed by atoms with Gasteiger partial charge in [-0.05, 0) is 41.1 Å². The summed E-state index contributed by atoms with van der Waals surface area (Å²) < 4.78 is 22.9. The maximum Gasteiger partial charge on any atom is 0.252 e. The maximum atomic E-state index is 11.9. The molecule has 0 atom stereocenters. The lowest BCUT2D eigenvalue weighted by molar-refractivity contribution is -0.120. The van der Waals surface area contributed by atoms with Crippen molar-refractivity contribution in [3.8, 4) is 0 Å². The number of carbonyl (C=O) groups is 2. The van der Waals surface area contributed by atoms with Crippen LogP contribution in [-0.4, -0.2) is 33.3 Å². The zero-order valence-electron chi connectivity index (χ0n) is 10.6. The second-order valence-corrected chi connectivity index (χ2v) is 6.24. The summed E-state index contributed by atoms with van der Waals surface area (Å²) in [5, 5.41) is 9.91. The van der Waals surface area contributed by atoms with Gasteiger partial charge in [0.05, 0.1) is 17.0 Å². The Morgan fingerprint density at radius 1 is 1.30 bits per heavy atom. The van der Waals surface area contributed by atoms with Gasteiger partial charge < -0.3 is 10.6 Å². The lowest BCUT2D eigenvalue weighted by Gasteiger charge is -2.08. The largest absolute Gasteiger partial charge is 0.355 e. The van der Waals surface area contributed by atoms with Crippen molar-refractivity contribution >= 4 is 37.8 Å². The molecule has 0 aliphatic rings. The highest BCUT2D eigenvalue weighted by Crippen LogP contribution is 2.20. The average Bonchev–Trinajstić information content (AvgIpc) is 2.35. The second-order valence-electron chi connectivity index (χ2n) is 3.82. The van der Waals surface area contributed by atoms with Gasteiger partial charge in [-0.1, -0.05) is 0 Å². The fourth-order valence-corrected chi connectivity index (χ4v) is 2.34. The Kier molecular flexibility index (Phi) is 5.66. The molecule has 0 radical (unpaired) electrons. The number of primary sulfonamides is 1. The van der Waals surface area contributed by atoms with Crippen LogP contribution in [0.3, 0.4) is 0 Å². The molecule has 110 valence electrons. The van der Waals surface area contributed by atoms with Gasteiger partial charge in [0.1, 0.15) is 0 Å². The van der Waals surface area contributed by atoms with Crippen LogP contribution in [0.1, 0.15) is 17.3 Å². The van der Waals surface area contributed by atoms with E-state index in [4.69, 9.17) is 5.14 Å². The third-order valence-electron chi connectivity index (χ3n) is 2.29. The van der Waals surface area contributed by atoms with Crippen molar-refractivity contribution in [2.45, 2.75) is 11.8 Å². The molecule has 7 nitrogen and oxygen atoms in total. The Hall–Kier alpha value is -1.45. The number of halogens is 1. The van der Waals surface area contributed by atoms with E-state index in [0.29, 0.717) is 11.0 Å². The summed E-state index contributed by atoms with van der Waals surface area (Å²) >= 11 is 3.14. The summed E-state index contributed by atoms with van der Waals surface area (Å²) in [6.07, 6.45) is 0. The quantitative estimate of drug-likeness (QED) is 0.679. The van der Waals surface area contributed by atoms with E-state index in [-0.39, 0.29) is 22.9 Å². The number of hydrogen-bond donors (Lipinski definition) is 3. The van der Waals surface area contributed by atoms with Crippen molar-refractivity contribution < 1.29 is 18.0 Å². The first kappa shape index (κ1) is 16.6. The first-order valence-electron chi connectivity index (χ1n) is 5.63. The van der Waals surface area contributed by atoms with Crippen LogP contribution in [0.15, 0.2) is 27.6 Å². The molecule has 0 aliphatic heterocycles. The summed E-state index contributed by atoms with van der Waals surface area (Å²) in [5.74, 6) is -0.909. The van der Waals surface area contributed by atoms with E-state index < -0.39 is 15.9 Å². The normalized spacial score (nSPS) is 10.9. The smallest absolute Gasteiger partial charge is 0.252 e. The molecule has 1 aromatic rings. The van der Waals surface area contributed by atoms with Crippen molar-refractivity contribution in [3.63, 3.8) is 0 Å². The first-order valence-corrected chi connectivity index (χ1v) is 7.97. The third-order valence-corrected chi connectivity index (χ3v) is 3.90. The molecule has 1 rings (SSSR count). The average molecular weight is 364 g/mol. The van der Waals surface area contributed by atoms with Gasteiger partial charge in [0.25, 0.3) is 5.91 Å². The molecule has 0 heterocycles. The number of hydrogen-bond acceptors (Lipinski definition) is 4. The second kappa shape index (κ2) is 6.82. The van der Waals surface area contributed by atoms with Crippen LogP contribution in [0.5, 0.6) is 0 Å². The van der Waals surface area contributed by atoms with E-state index in [9.17, 15) is 18.0 Å². The third kappa shape index (κ3) is 4.58. The molecule has 0 aliphatic carbocycles. The zero-order chi connectivity index (χ0) is 15.3. The maximum absolute atomic E-state index is 11.9. The van der Waals surface area contributed by atoms with E-state index >= 15 is 0 Å². The van der Waals surface area contributed by atoms with Crippen molar-refractivity contribution in [1.82, 2.24) is 10.6 Å². The topological polar surface area (TPSA) is 118 Å². The number of sulfonamides is 1. The fourth-order valence-electron chi connectivity index (χ4n) is 1.37. The van der Waals surface area contributed by atoms with Crippen molar-refractivity contribution in [2.24, 2.45) is 5.14 Å². The molecule has 1 aromatic carbocycles. The minimum atomic E-state index is -3.90. The molecule has 0 saturated heterocycles. The standard InChI is InChI=1S/C11H14BrN3O4S/c1-2-14-10(16)6-15-11(17)8-5-7(20(13,18)19)3-4-9(8)12/h3-5H,2,6H2,1H3,(H,14,16)(H,15,17)(H2,13,18,19). The Morgan fingerprint density at radius 3 is 2.50 bits per heavy atom. The van der Waals surface area contributed by atoms with Crippen LogP contribution < -0.4 is 15.8 Å². The molecule has 4 N–H and O–H groups in total. The number of nitrogens with one attached hydrogen (secondary N) is 2. The molecule has 20 heavy (non-hydrogen) atoms. The number of amides is 2. The zero-order valence-corrected chi connectivity index (χ0v) is 13.0. The van der Waals surface area contributed by atoms with Crippen LogP contribution in [0.2, 0.25) is 0 Å². The Balaban J connectivity index is 2.90. The van der Waals surface area contributed by atoms with E-state index in [1.54, 1.807) is 6.92 Å². The van der Waals surface area contributed by atoms with Crippen molar-refractivity contribution in [3.05, 3.63) is 28.2 Å². The molecule has 2 amide bonds. The number of likely N-dealkylation sites (N-methyl/N-ethyl adjacent to an activating group) is 1. The van der Waals surface area contributed by atoms with E-state index in [2.05, 4.69) is 26.6 Å². The number of benzene rings is 1. The predicted octanol–water partition coefficient (Wildman–Crippen LogP) is -0.0376. The van der Waals surface area contributed by atoms with Crippen LogP contribution >= 0.6 is 15.9 Å². The van der Waals surface area contributed by atoms with Gasteiger partial charge in [-0.2, -0.15) is 0 Å². The first-order chi connectivity index (χ1) is 9.25. The van der Waals surface area contributed by atoms with Gasteiger partial charge in [-0.15, -0.1) is 0 Å². The summed E-state index contributed by atoms with van der Waals surface area (Å²) in [7, 11) is -3.90. The van der Waals surface area contributed by atoms with Crippen LogP contribution in [0, 0.1) is 0 Å². The summed E-state index contributed by atoms with van der Waals surface area (Å²) in [6.45, 7) is 2.02. The molecular formula is C11H14BrN3O4S. The molecule has 0 saturated carbocycles. The number of nitrogens with two attached hydrogens (primary N) is 1. The van der Waals surface area contributed by atoms with Crippen LogP contribution in [0.4, 0.5) is 0 Å². The monoisotopic (exact) mass is 363 g/mol. The lowest BCUT2D eigenvalue weighted by Crippen LogP contribution is -2.36. The lowest BCUT2D eigenvalue weighted by atomic mass is 10.2. The van der Waals surface area contributed by atoms with Crippen molar-refractivity contribution in [1.29, 1.82) is 0 Å². The minimum Gasteiger partial charge on any atom is -0.355 e. The molecule has 0 spiro atoms. The minimum absolute atomic E-state index is 0.0841. The van der Waals surface area contributed by atoms with Gasteiger partial charge >= 0.3 is 0 Å². The predicted molar refractivity (Wildman–Crippen MR) is 76.5 cm³/mol. The molecule has 0 bridgehead atoms. The van der Waals surface area contributed by atoms with Gasteiger partial charge in [-0.25, -0.2) is 13.6 Å². The summed E-state index contributed by atoms with van der Waals surface area (Å²) in [6, 6.07) is 3.83. The highest BCUT2D eigenvalue weighted by molar-refractivity contribution is 9.10. The molecule has 0 aromatic heterocycles. The molecular weight excluding hydrogens is 350 g/mol. The Morgan fingerprint density at radius 2 is 1.95 bits per heavy atom. The van der Waals surface area contributed by atoms with Crippen LogP contribution in [-0.2, 0) is 14.8 Å². The van der Waals surface area contributed by atoms with E-state index in [1.807, 2.05) is 0 Å². The number of rotatable bonds is 5. The molecule has 0 unspecified atom stereocenters. The molecule has 0 fully saturated rings. The highest BCUT2D eigenvalue weighted by Gasteiger charge is 2.16. The molecule has 9 heteroatoms. The highest BCUT2D eigenvalue weighted by atomic mass is 79.9. The summed E-state index contributed by atoms with van der Waals surface area (Å²) in [4.78, 5) is 23.0. The van der Waals surface area contributed by atoms with Gasteiger partial charge in [0.2, 0.25) is 15.9 Å². The van der Waals surface area contributed by atoms with Gasteiger partial charge in [0, 0.05) is 11.0 Å². The van der Waals surface area contributed by atoms with E-state index in [1.165, 1.54) is 12.1 Å². The Bertz CT molecular complexity index is 631. The SMILES string of the molecule is CCNC(=O)CNC(=O)c1cc(S(N)(=O)=O)ccc1Br. The fraction of sp³-hybridized carbons (Fsp3) is 0.273.